The molecule has 0 radical (unpaired) electrons. The van der Waals surface area contributed by atoms with Crippen LogP contribution in [0.1, 0.15) is 40.0 Å². The Kier molecular flexibility index (Phi) is 10.4. The van der Waals surface area contributed by atoms with Gasteiger partial charge in [-0.2, -0.15) is 11.8 Å². The number of carbonyl (C=O) groups excluding carboxylic acids is 1. The van der Waals surface area contributed by atoms with Crippen LogP contribution in [0.5, 0.6) is 0 Å². The molecule has 0 aromatic carbocycles. The molecule has 0 bridgehead atoms. The highest BCUT2D eigenvalue weighted by atomic mass is 32.2. The van der Waals surface area contributed by atoms with Crippen molar-refractivity contribution in [1.82, 2.24) is 5.32 Å². The van der Waals surface area contributed by atoms with Gasteiger partial charge in [-0.15, -0.1) is 0 Å². The number of unbranched alkanes of at least 4 members (excludes halogenated alkanes) is 1. The molecule has 0 spiro atoms. The lowest BCUT2D eigenvalue weighted by molar-refractivity contribution is -0.148. The minimum Gasteiger partial charge on any atom is -0.468 e. The third-order valence-corrected chi connectivity index (χ3v) is 3.92. The van der Waals surface area contributed by atoms with Crippen molar-refractivity contribution in [1.29, 1.82) is 0 Å². The highest BCUT2D eigenvalue weighted by molar-refractivity contribution is 7.99. The van der Waals surface area contributed by atoms with E-state index in [9.17, 15) is 4.79 Å². The second kappa shape index (κ2) is 10.5. The molecule has 1 unspecified atom stereocenters. The largest absolute Gasteiger partial charge is 0.468 e. The Hall–Kier alpha value is -0.260. The molecule has 0 fully saturated rings. The summed E-state index contributed by atoms with van der Waals surface area (Å²) in [5, 5.41) is 3.32. The lowest BCUT2D eigenvalue weighted by Gasteiger charge is -2.30. The molecule has 114 valence electrons. The first kappa shape index (κ1) is 18.7. The fraction of sp³-hybridized carbons (Fsp3) is 0.929. The van der Waals surface area contributed by atoms with Gasteiger partial charge in [-0.05, 0) is 39.4 Å². The van der Waals surface area contributed by atoms with Gasteiger partial charge in [-0.3, -0.25) is 10.1 Å². The van der Waals surface area contributed by atoms with Crippen LogP contribution in [0.3, 0.4) is 0 Å². The van der Waals surface area contributed by atoms with Crippen molar-refractivity contribution in [3.63, 3.8) is 0 Å². The Labute approximate surface area is 122 Å². The van der Waals surface area contributed by atoms with Crippen molar-refractivity contribution in [3.8, 4) is 0 Å². The minimum atomic E-state index is -0.569. The van der Waals surface area contributed by atoms with Gasteiger partial charge in [0, 0.05) is 18.9 Å². The van der Waals surface area contributed by atoms with Gasteiger partial charge >= 0.3 is 5.97 Å². The monoisotopic (exact) mass is 291 g/mol. The maximum atomic E-state index is 11.9. The molecular weight excluding hydrogens is 262 g/mol. The van der Waals surface area contributed by atoms with Crippen molar-refractivity contribution < 1.29 is 14.3 Å². The molecule has 0 aliphatic rings. The molecule has 0 aromatic rings. The lowest BCUT2D eigenvalue weighted by Crippen LogP contribution is -2.52. The zero-order valence-electron chi connectivity index (χ0n) is 13.0. The van der Waals surface area contributed by atoms with Gasteiger partial charge in [0.2, 0.25) is 0 Å². The predicted molar refractivity (Wildman–Crippen MR) is 81.7 cm³/mol. The van der Waals surface area contributed by atoms with E-state index >= 15 is 0 Å². The van der Waals surface area contributed by atoms with E-state index in [1.54, 1.807) is 7.11 Å². The van der Waals surface area contributed by atoms with E-state index in [4.69, 9.17) is 9.47 Å². The van der Waals surface area contributed by atoms with E-state index in [2.05, 4.69) is 5.32 Å². The van der Waals surface area contributed by atoms with Crippen LogP contribution >= 0.6 is 11.8 Å². The predicted octanol–water partition coefficient (Wildman–Crippen LogP) is 2.47. The molecule has 0 aromatic heterocycles. The van der Waals surface area contributed by atoms with Crippen molar-refractivity contribution in [2.45, 2.75) is 51.6 Å². The standard InChI is InChI=1S/C14H29NO3S/c1-12(2)15-14(3,13(16)18-5)8-6-7-10-19-11-9-17-4/h12,15H,6-11H2,1-5H3. The topological polar surface area (TPSA) is 47.6 Å². The number of hydrogen-bond acceptors (Lipinski definition) is 5. The molecule has 19 heavy (non-hydrogen) atoms. The fourth-order valence-electron chi connectivity index (χ4n) is 2.02. The Balaban J connectivity index is 3.97. The van der Waals surface area contributed by atoms with Gasteiger partial charge in [0.05, 0.1) is 13.7 Å². The highest BCUT2D eigenvalue weighted by Gasteiger charge is 2.33. The number of rotatable bonds is 11. The smallest absolute Gasteiger partial charge is 0.325 e. The van der Waals surface area contributed by atoms with Crippen LogP contribution in [0, 0.1) is 0 Å². The number of thioether (sulfide) groups is 1. The summed E-state index contributed by atoms with van der Waals surface area (Å²) in [6.07, 6.45) is 2.94. The van der Waals surface area contributed by atoms with Crippen LogP contribution < -0.4 is 5.32 Å². The van der Waals surface area contributed by atoms with E-state index in [1.165, 1.54) is 7.11 Å². The Morgan fingerprint density at radius 1 is 1.26 bits per heavy atom. The summed E-state index contributed by atoms with van der Waals surface area (Å²) < 4.78 is 9.90. The first-order chi connectivity index (χ1) is 8.96. The van der Waals surface area contributed by atoms with Gasteiger partial charge < -0.3 is 9.47 Å². The third-order valence-electron chi connectivity index (χ3n) is 2.89. The van der Waals surface area contributed by atoms with E-state index in [-0.39, 0.29) is 12.0 Å². The van der Waals surface area contributed by atoms with Crippen LogP contribution in [0.15, 0.2) is 0 Å². The van der Waals surface area contributed by atoms with Crippen molar-refractivity contribution >= 4 is 17.7 Å². The Morgan fingerprint density at radius 3 is 2.47 bits per heavy atom. The molecule has 1 atom stereocenters. The molecule has 0 aliphatic carbocycles. The van der Waals surface area contributed by atoms with Gasteiger partial charge in [-0.25, -0.2) is 0 Å². The lowest BCUT2D eigenvalue weighted by atomic mass is 9.94. The van der Waals surface area contributed by atoms with Crippen molar-refractivity contribution in [2.24, 2.45) is 0 Å². The summed E-state index contributed by atoms with van der Waals surface area (Å²) >= 11 is 1.89. The van der Waals surface area contributed by atoms with Crippen LogP contribution in [0.25, 0.3) is 0 Å². The zero-order valence-corrected chi connectivity index (χ0v) is 13.8. The molecule has 5 heteroatoms. The SMILES string of the molecule is COCCSCCCCC(C)(NC(C)C)C(=O)OC. The van der Waals surface area contributed by atoms with Crippen LogP contribution in [0.4, 0.5) is 0 Å². The number of methoxy groups -OCH3 is 2. The first-order valence-electron chi connectivity index (χ1n) is 6.89. The van der Waals surface area contributed by atoms with Gasteiger partial charge in [0.15, 0.2) is 0 Å². The van der Waals surface area contributed by atoms with Gasteiger partial charge in [0.1, 0.15) is 5.54 Å². The number of nitrogens with one attached hydrogen (secondary N) is 1. The van der Waals surface area contributed by atoms with Crippen LogP contribution in [-0.2, 0) is 14.3 Å². The second-order valence-electron chi connectivity index (χ2n) is 5.19. The first-order valence-corrected chi connectivity index (χ1v) is 8.04. The quantitative estimate of drug-likeness (QED) is 0.468. The Morgan fingerprint density at radius 2 is 1.95 bits per heavy atom. The Bertz CT molecular complexity index is 249. The van der Waals surface area contributed by atoms with Crippen LogP contribution in [0.2, 0.25) is 0 Å². The molecule has 0 heterocycles. The minimum absolute atomic E-state index is 0.173. The molecule has 0 rings (SSSR count). The van der Waals surface area contributed by atoms with E-state index in [1.807, 2.05) is 32.5 Å². The second-order valence-corrected chi connectivity index (χ2v) is 6.41. The van der Waals surface area contributed by atoms with Crippen molar-refractivity contribution in [2.75, 3.05) is 32.3 Å². The number of ether oxygens (including phenoxy) is 2. The molecule has 0 saturated carbocycles. The zero-order chi connectivity index (χ0) is 14.7. The normalized spacial score (nSPS) is 14.4. The summed E-state index contributed by atoms with van der Waals surface area (Å²) in [4.78, 5) is 11.9. The molecule has 0 aliphatic heterocycles. The molecule has 0 saturated heterocycles. The average molecular weight is 291 g/mol. The van der Waals surface area contributed by atoms with Crippen molar-refractivity contribution in [3.05, 3.63) is 0 Å². The molecule has 4 nitrogen and oxygen atoms in total. The number of esters is 1. The third kappa shape index (κ3) is 8.50. The summed E-state index contributed by atoms with van der Waals surface area (Å²) in [5.74, 6) is 1.98. The highest BCUT2D eigenvalue weighted by Crippen LogP contribution is 2.18. The number of carbonyl (C=O) groups is 1. The number of hydrogen-bond donors (Lipinski definition) is 1. The van der Waals surface area contributed by atoms with E-state index in [0.29, 0.717) is 0 Å². The fourth-order valence-corrected chi connectivity index (χ4v) is 2.92. The maximum absolute atomic E-state index is 11.9. The summed E-state index contributed by atoms with van der Waals surface area (Å²) in [5.41, 5.74) is -0.569. The average Bonchev–Trinajstić information content (AvgIpc) is 2.35. The molecular formula is C14H29NO3S. The summed E-state index contributed by atoms with van der Waals surface area (Å²) in [6.45, 7) is 6.82. The van der Waals surface area contributed by atoms with Gasteiger partial charge in [0.25, 0.3) is 0 Å². The van der Waals surface area contributed by atoms with Gasteiger partial charge in [-0.1, -0.05) is 6.42 Å². The molecule has 1 N–H and O–H groups in total. The summed E-state index contributed by atoms with van der Waals surface area (Å²) in [6, 6.07) is 0.264. The van der Waals surface area contributed by atoms with E-state index in [0.717, 1.165) is 37.4 Å². The van der Waals surface area contributed by atoms with Crippen LogP contribution in [-0.4, -0.2) is 49.9 Å². The summed E-state index contributed by atoms with van der Waals surface area (Å²) in [7, 11) is 3.17. The molecule has 0 amide bonds. The van der Waals surface area contributed by atoms with E-state index < -0.39 is 5.54 Å². The maximum Gasteiger partial charge on any atom is 0.325 e.